The summed E-state index contributed by atoms with van der Waals surface area (Å²) >= 11 is 0. The predicted molar refractivity (Wildman–Crippen MR) is 102 cm³/mol. The highest BCUT2D eigenvalue weighted by Gasteiger charge is 2.00. The van der Waals surface area contributed by atoms with Crippen molar-refractivity contribution in [3.63, 3.8) is 0 Å². The predicted octanol–water partition coefficient (Wildman–Crippen LogP) is 5.67. The van der Waals surface area contributed by atoms with Gasteiger partial charge in [0.15, 0.2) is 0 Å². The molecule has 0 radical (unpaired) electrons. The van der Waals surface area contributed by atoms with Crippen molar-refractivity contribution in [2.45, 2.75) is 47.0 Å². The molecule has 24 heavy (non-hydrogen) atoms. The summed E-state index contributed by atoms with van der Waals surface area (Å²) < 4.78 is 16.4. The van der Waals surface area contributed by atoms with Crippen LogP contribution in [0.2, 0.25) is 0 Å². The van der Waals surface area contributed by atoms with Gasteiger partial charge in [0.2, 0.25) is 0 Å². The second kappa shape index (κ2) is 12.7. The van der Waals surface area contributed by atoms with Gasteiger partial charge < -0.3 is 14.2 Å². The molecule has 1 aromatic rings. The van der Waals surface area contributed by atoms with Crippen LogP contribution < -0.4 is 0 Å². The summed E-state index contributed by atoms with van der Waals surface area (Å²) in [6.07, 6.45) is 6.85. The molecular formula is C21H32O3. The van der Waals surface area contributed by atoms with Crippen LogP contribution in [-0.2, 0) is 14.2 Å². The van der Waals surface area contributed by atoms with Crippen molar-refractivity contribution in [3.05, 3.63) is 47.9 Å². The summed E-state index contributed by atoms with van der Waals surface area (Å²) in [5.74, 6) is 0. The molecule has 0 saturated heterocycles. The van der Waals surface area contributed by atoms with Crippen molar-refractivity contribution < 1.29 is 14.2 Å². The molecule has 0 aliphatic rings. The molecule has 0 saturated carbocycles. The molecule has 0 bridgehead atoms. The van der Waals surface area contributed by atoms with Gasteiger partial charge in [0.25, 0.3) is 0 Å². The lowest BCUT2D eigenvalue weighted by molar-refractivity contribution is 0.122. The van der Waals surface area contributed by atoms with Crippen molar-refractivity contribution in [1.29, 1.82) is 0 Å². The van der Waals surface area contributed by atoms with Gasteiger partial charge in [-0.05, 0) is 49.5 Å². The van der Waals surface area contributed by atoms with E-state index in [1.807, 2.05) is 19.4 Å². The third kappa shape index (κ3) is 8.21. The first-order valence-electron chi connectivity index (χ1n) is 8.94. The average molecular weight is 332 g/mol. The molecule has 0 fully saturated rings. The van der Waals surface area contributed by atoms with Crippen molar-refractivity contribution >= 4 is 11.1 Å². The second-order valence-corrected chi connectivity index (χ2v) is 5.82. The molecule has 3 heteroatoms. The van der Waals surface area contributed by atoms with Gasteiger partial charge in [-0.1, -0.05) is 37.6 Å². The van der Waals surface area contributed by atoms with Gasteiger partial charge in [-0.25, -0.2) is 0 Å². The van der Waals surface area contributed by atoms with Crippen molar-refractivity contribution in [1.82, 2.24) is 0 Å². The van der Waals surface area contributed by atoms with E-state index in [0.29, 0.717) is 6.61 Å². The maximum absolute atomic E-state index is 5.58. The Morgan fingerprint density at radius 2 is 1.29 bits per heavy atom. The molecule has 0 aliphatic carbocycles. The van der Waals surface area contributed by atoms with E-state index in [-0.39, 0.29) is 0 Å². The summed E-state index contributed by atoms with van der Waals surface area (Å²) in [5, 5.41) is 0. The third-order valence-corrected chi connectivity index (χ3v) is 3.69. The molecule has 0 aliphatic heterocycles. The maximum Gasteiger partial charge on any atom is 0.0895 e. The van der Waals surface area contributed by atoms with Gasteiger partial charge in [0, 0.05) is 19.6 Å². The molecule has 0 atom stereocenters. The number of benzene rings is 1. The van der Waals surface area contributed by atoms with Gasteiger partial charge in [-0.3, -0.25) is 0 Å². The molecule has 0 aromatic heterocycles. The van der Waals surface area contributed by atoms with E-state index in [9.17, 15) is 0 Å². The molecule has 0 amide bonds. The van der Waals surface area contributed by atoms with Gasteiger partial charge in [0.05, 0.1) is 25.7 Å². The van der Waals surface area contributed by atoms with Crippen LogP contribution in [0, 0.1) is 0 Å². The third-order valence-electron chi connectivity index (χ3n) is 3.69. The molecule has 0 unspecified atom stereocenters. The first-order chi connectivity index (χ1) is 11.7. The summed E-state index contributed by atoms with van der Waals surface area (Å²) in [6.45, 7) is 11.3. The van der Waals surface area contributed by atoms with E-state index in [4.69, 9.17) is 14.2 Å². The Bertz CT molecular complexity index is 500. The van der Waals surface area contributed by atoms with Crippen LogP contribution in [0.4, 0.5) is 0 Å². The fourth-order valence-electron chi connectivity index (χ4n) is 2.12. The van der Waals surface area contributed by atoms with E-state index in [0.717, 1.165) is 50.2 Å². The fourth-order valence-corrected chi connectivity index (χ4v) is 2.12. The zero-order valence-electron chi connectivity index (χ0n) is 15.6. The second-order valence-electron chi connectivity index (χ2n) is 5.82. The van der Waals surface area contributed by atoms with E-state index in [1.165, 1.54) is 11.1 Å². The molecular weight excluding hydrogens is 300 g/mol. The zero-order chi connectivity index (χ0) is 17.6. The van der Waals surface area contributed by atoms with E-state index >= 15 is 0 Å². The highest BCUT2D eigenvalue weighted by Crippen LogP contribution is 2.19. The number of hydrogen-bond acceptors (Lipinski definition) is 3. The monoisotopic (exact) mass is 332 g/mol. The van der Waals surface area contributed by atoms with Crippen LogP contribution in [0.15, 0.2) is 36.8 Å². The molecule has 0 heterocycles. The molecule has 1 rings (SSSR count). The number of ether oxygens (including phenoxy) is 3. The minimum absolute atomic E-state index is 0.687. The highest BCUT2D eigenvalue weighted by molar-refractivity contribution is 5.68. The summed E-state index contributed by atoms with van der Waals surface area (Å²) in [7, 11) is 0. The first-order valence-corrected chi connectivity index (χ1v) is 8.94. The number of unbranched alkanes of at least 4 members (excludes halogenated alkanes) is 1. The van der Waals surface area contributed by atoms with Crippen LogP contribution in [0.3, 0.4) is 0 Å². The number of allylic oxidation sites excluding steroid dienone is 2. The normalized spacial score (nSPS) is 12.3. The Morgan fingerprint density at radius 3 is 1.75 bits per heavy atom. The molecule has 134 valence electrons. The Kier molecular flexibility index (Phi) is 10.7. The average Bonchev–Trinajstić information content (AvgIpc) is 2.61. The quantitative estimate of drug-likeness (QED) is 0.365. The summed E-state index contributed by atoms with van der Waals surface area (Å²) in [5.41, 5.74) is 4.62. The SMILES string of the molecule is CCCCOC=C(C)c1ccc(C(C)=COCCCOCC)cc1. The van der Waals surface area contributed by atoms with Crippen molar-refractivity contribution in [2.24, 2.45) is 0 Å². The Balaban J connectivity index is 2.47. The zero-order valence-corrected chi connectivity index (χ0v) is 15.6. The van der Waals surface area contributed by atoms with Crippen LogP contribution in [0.1, 0.15) is 58.1 Å². The Labute approximate surface area is 147 Å². The standard InChI is InChI=1S/C21H32O3/c1-5-7-13-23-16-18(3)20-9-11-21(12-10-20)19(4)17-24-15-8-14-22-6-2/h9-12,16-17H,5-8,13-15H2,1-4H3. The molecule has 3 nitrogen and oxygen atoms in total. The molecule has 1 aromatic carbocycles. The summed E-state index contributed by atoms with van der Waals surface area (Å²) in [4.78, 5) is 0. The van der Waals surface area contributed by atoms with Gasteiger partial charge in [-0.2, -0.15) is 0 Å². The highest BCUT2D eigenvalue weighted by atomic mass is 16.5. The summed E-state index contributed by atoms with van der Waals surface area (Å²) in [6, 6.07) is 8.48. The molecule has 0 spiro atoms. The number of hydrogen-bond donors (Lipinski definition) is 0. The Morgan fingerprint density at radius 1 is 0.792 bits per heavy atom. The minimum atomic E-state index is 0.687. The van der Waals surface area contributed by atoms with E-state index in [1.54, 1.807) is 0 Å². The lowest BCUT2D eigenvalue weighted by Gasteiger charge is -2.07. The van der Waals surface area contributed by atoms with Crippen molar-refractivity contribution in [2.75, 3.05) is 26.4 Å². The smallest absolute Gasteiger partial charge is 0.0895 e. The van der Waals surface area contributed by atoms with Crippen LogP contribution in [0.25, 0.3) is 11.1 Å². The van der Waals surface area contributed by atoms with Crippen LogP contribution in [0.5, 0.6) is 0 Å². The fraction of sp³-hybridized carbons (Fsp3) is 0.524. The van der Waals surface area contributed by atoms with Gasteiger partial charge in [-0.15, -0.1) is 0 Å². The lowest BCUT2D eigenvalue weighted by atomic mass is 10.0. The van der Waals surface area contributed by atoms with Crippen LogP contribution >= 0.6 is 0 Å². The lowest BCUT2D eigenvalue weighted by Crippen LogP contribution is -1.98. The largest absolute Gasteiger partial charge is 0.501 e. The minimum Gasteiger partial charge on any atom is -0.501 e. The van der Waals surface area contributed by atoms with Crippen molar-refractivity contribution in [3.8, 4) is 0 Å². The maximum atomic E-state index is 5.58. The van der Waals surface area contributed by atoms with E-state index in [2.05, 4.69) is 45.0 Å². The van der Waals surface area contributed by atoms with Crippen LogP contribution in [-0.4, -0.2) is 26.4 Å². The van der Waals surface area contributed by atoms with Gasteiger partial charge in [0.1, 0.15) is 0 Å². The first kappa shape index (κ1) is 20.3. The number of rotatable bonds is 12. The van der Waals surface area contributed by atoms with E-state index < -0.39 is 0 Å². The van der Waals surface area contributed by atoms with Gasteiger partial charge >= 0.3 is 0 Å². The molecule has 0 N–H and O–H groups in total. The topological polar surface area (TPSA) is 27.7 Å². The Hall–Kier alpha value is -1.74.